The molecule has 0 aliphatic heterocycles. The van der Waals surface area contributed by atoms with Crippen LogP contribution in [0.2, 0.25) is 5.54 Å². The van der Waals surface area contributed by atoms with Crippen molar-refractivity contribution in [2.75, 3.05) is 19.8 Å². The Kier molecular flexibility index (Phi) is 10.1. The quantitative estimate of drug-likeness (QED) is 0.527. The van der Waals surface area contributed by atoms with Gasteiger partial charge in [-0.05, 0) is 25.7 Å². The normalized spacial score (nSPS) is 13.9. The smallest absolute Gasteiger partial charge is 0.373 e. The zero-order valence-electron chi connectivity index (χ0n) is 12.3. The standard InChI is InChI=1S/C13H30O3Si/c1-6-10-14-17(13(5)9-4,15-11-7-2)16-12-8-3/h13H,6-12H2,1-5H3. The zero-order chi connectivity index (χ0) is 13.1. The molecule has 1 unspecified atom stereocenters. The van der Waals surface area contributed by atoms with Crippen molar-refractivity contribution in [1.29, 1.82) is 0 Å². The Balaban J connectivity index is 4.63. The molecule has 0 saturated heterocycles. The molecule has 0 rings (SSSR count). The molecule has 0 aliphatic rings. The predicted molar refractivity (Wildman–Crippen MR) is 74.2 cm³/mol. The molecule has 0 aromatic rings. The topological polar surface area (TPSA) is 27.7 Å². The van der Waals surface area contributed by atoms with Crippen LogP contribution in [0.15, 0.2) is 0 Å². The molecule has 1 atom stereocenters. The third-order valence-electron chi connectivity index (χ3n) is 2.74. The fourth-order valence-electron chi connectivity index (χ4n) is 1.53. The van der Waals surface area contributed by atoms with E-state index in [0.717, 1.165) is 45.5 Å². The molecule has 0 spiro atoms. The molecule has 0 amide bonds. The second-order valence-corrected chi connectivity index (χ2v) is 7.52. The molecule has 0 N–H and O–H groups in total. The minimum atomic E-state index is -2.46. The van der Waals surface area contributed by atoms with Crippen molar-refractivity contribution in [2.24, 2.45) is 0 Å². The monoisotopic (exact) mass is 262 g/mol. The van der Waals surface area contributed by atoms with Crippen molar-refractivity contribution in [3.8, 4) is 0 Å². The molecule has 0 saturated carbocycles. The maximum Gasteiger partial charge on any atom is 0.503 e. The van der Waals surface area contributed by atoms with Crippen LogP contribution in [0.5, 0.6) is 0 Å². The molecule has 0 aliphatic carbocycles. The lowest BCUT2D eigenvalue weighted by atomic mass is 10.4. The Morgan fingerprint density at radius 1 is 0.765 bits per heavy atom. The van der Waals surface area contributed by atoms with Gasteiger partial charge in [0.05, 0.1) is 0 Å². The van der Waals surface area contributed by atoms with Crippen molar-refractivity contribution in [3.05, 3.63) is 0 Å². The van der Waals surface area contributed by atoms with Gasteiger partial charge in [-0.3, -0.25) is 0 Å². The second kappa shape index (κ2) is 10.1. The first-order valence-corrected chi connectivity index (χ1v) is 8.88. The number of hydrogen-bond donors (Lipinski definition) is 0. The van der Waals surface area contributed by atoms with Gasteiger partial charge in [0.2, 0.25) is 0 Å². The minimum absolute atomic E-state index is 0.382. The molecule has 104 valence electrons. The summed E-state index contributed by atoms with van der Waals surface area (Å²) >= 11 is 0. The average Bonchev–Trinajstić information content (AvgIpc) is 2.37. The lowest BCUT2D eigenvalue weighted by Crippen LogP contribution is -2.50. The summed E-state index contributed by atoms with van der Waals surface area (Å²) < 4.78 is 18.1. The van der Waals surface area contributed by atoms with Gasteiger partial charge >= 0.3 is 8.80 Å². The van der Waals surface area contributed by atoms with Crippen LogP contribution in [0.25, 0.3) is 0 Å². The van der Waals surface area contributed by atoms with Crippen molar-refractivity contribution in [1.82, 2.24) is 0 Å². The summed E-state index contributed by atoms with van der Waals surface area (Å²) in [5.41, 5.74) is 0.382. The lowest BCUT2D eigenvalue weighted by Gasteiger charge is -2.33. The fraction of sp³-hybridized carbons (Fsp3) is 1.00. The van der Waals surface area contributed by atoms with E-state index in [1.807, 2.05) is 0 Å². The van der Waals surface area contributed by atoms with Crippen LogP contribution in [-0.2, 0) is 13.3 Å². The predicted octanol–water partition coefficient (Wildman–Crippen LogP) is 4.01. The van der Waals surface area contributed by atoms with Gasteiger partial charge < -0.3 is 13.3 Å². The van der Waals surface area contributed by atoms with Crippen LogP contribution >= 0.6 is 0 Å². The maximum absolute atomic E-state index is 6.03. The Morgan fingerprint density at radius 3 is 1.35 bits per heavy atom. The Labute approximate surface area is 108 Å². The van der Waals surface area contributed by atoms with Crippen molar-refractivity contribution < 1.29 is 13.3 Å². The first-order chi connectivity index (χ1) is 8.16. The summed E-state index contributed by atoms with van der Waals surface area (Å²) in [6.07, 6.45) is 4.08. The van der Waals surface area contributed by atoms with Crippen molar-refractivity contribution >= 4 is 8.80 Å². The SMILES string of the molecule is CCCO[Si](OCCC)(OCCC)C(C)CC. The van der Waals surface area contributed by atoms with E-state index in [0.29, 0.717) is 5.54 Å². The summed E-state index contributed by atoms with van der Waals surface area (Å²) in [7, 11) is -2.46. The van der Waals surface area contributed by atoms with E-state index in [1.54, 1.807) is 0 Å². The van der Waals surface area contributed by atoms with Gasteiger partial charge in [0, 0.05) is 25.4 Å². The minimum Gasteiger partial charge on any atom is -0.373 e. The second-order valence-electron chi connectivity index (χ2n) is 4.46. The Hall–Kier alpha value is 0.0969. The summed E-state index contributed by atoms with van der Waals surface area (Å²) in [5, 5.41) is 0. The molecular weight excluding hydrogens is 232 g/mol. The summed E-state index contributed by atoms with van der Waals surface area (Å²) in [5.74, 6) is 0. The highest BCUT2D eigenvalue weighted by Crippen LogP contribution is 2.29. The highest BCUT2D eigenvalue weighted by Gasteiger charge is 2.46. The van der Waals surface area contributed by atoms with Crippen LogP contribution in [0.1, 0.15) is 60.3 Å². The van der Waals surface area contributed by atoms with Gasteiger partial charge in [0.15, 0.2) is 0 Å². The van der Waals surface area contributed by atoms with E-state index in [2.05, 4.69) is 34.6 Å². The molecule has 3 nitrogen and oxygen atoms in total. The molecule has 0 aromatic carbocycles. The van der Waals surface area contributed by atoms with E-state index in [4.69, 9.17) is 13.3 Å². The molecule has 0 fully saturated rings. The van der Waals surface area contributed by atoms with Gasteiger partial charge in [-0.1, -0.05) is 34.6 Å². The summed E-state index contributed by atoms with van der Waals surface area (Å²) in [6, 6.07) is 0. The van der Waals surface area contributed by atoms with Gasteiger partial charge in [-0.2, -0.15) is 0 Å². The van der Waals surface area contributed by atoms with Gasteiger partial charge in [-0.15, -0.1) is 0 Å². The third-order valence-corrected chi connectivity index (χ3v) is 6.17. The third kappa shape index (κ3) is 6.00. The zero-order valence-corrected chi connectivity index (χ0v) is 13.3. The van der Waals surface area contributed by atoms with E-state index >= 15 is 0 Å². The highest BCUT2D eigenvalue weighted by molar-refractivity contribution is 6.62. The van der Waals surface area contributed by atoms with E-state index < -0.39 is 8.80 Å². The largest absolute Gasteiger partial charge is 0.503 e. The lowest BCUT2D eigenvalue weighted by molar-refractivity contribution is 0.0504. The Bertz CT molecular complexity index is 154. The summed E-state index contributed by atoms with van der Waals surface area (Å²) in [4.78, 5) is 0. The van der Waals surface area contributed by atoms with Gasteiger partial charge in [-0.25, -0.2) is 0 Å². The van der Waals surface area contributed by atoms with Crippen LogP contribution in [0.4, 0.5) is 0 Å². The Morgan fingerprint density at radius 2 is 1.12 bits per heavy atom. The van der Waals surface area contributed by atoms with Crippen LogP contribution in [0.3, 0.4) is 0 Å². The van der Waals surface area contributed by atoms with Crippen LogP contribution < -0.4 is 0 Å². The first kappa shape index (κ1) is 17.1. The first-order valence-electron chi connectivity index (χ1n) is 7.08. The van der Waals surface area contributed by atoms with E-state index in [-0.39, 0.29) is 0 Å². The molecule has 0 bridgehead atoms. The van der Waals surface area contributed by atoms with Crippen LogP contribution in [0, 0.1) is 0 Å². The molecule has 0 aromatic heterocycles. The molecule has 0 radical (unpaired) electrons. The number of hydrogen-bond acceptors (Lipinski definition) is 3. The summed E-state index contributed by atoms with van der Waals surface area (Å²) in [6.45, 7) is 12.9. The van der Waals surface area contributed by atoms with Gasteiger partial charge in [0.1, 0.15) is 0 Å². The van der Waals surface area contributed by atoms with Crippen LogP contribution in [-0.4, -0.2) is 28.6 Å². The highest BCUT2D eigenvalue weighted by atomic mass is 28.4. The van der Waals surface area contributed by atoms with Gasteiger partial charge in [0.25, 0.3) is 0 Å². The van der Waals surface area contributed by atoms with Crippen molar-refractivity contribution in [3.63, 3.8) is 0 Å². The number of rotatable bonds is 11. The maximum atomic E-state index is 6.03. The fourth-order valence-corrected chi connectivity index (χ4v) is 4.60. The molecule has 0 heterocycles. The van der Waals surface area contributed by atoms with E-state index in [1.165, 1.54) is 0 Å². The van der Waals surface area contributed by atoms with Crippen molar-refractivity contribution in [2.45, 2.75) is 65.8 Å². The molecule has 4 heteroatoms. The average molecular weight is 262 g/mol. The van der Waals surface area contributed by atoms with E-state index in [9.17, 15) is 0 Å². The molecular formula is C13H30O3Si. The molecule has 17 heavy (non-hydrogen) atoms.